The maximum Gasteiger partial charge on any atom is 0.256 e. The van der Waals surface area contributed by atoms with E-state index in [9.17, 15) is 9.59 Å². The van der Waals surface area contributed by atoms with E-state index in [-0.39, 0.29) is 5.91 Å². The van der Waals surface area contributed by atoms with Gasteiger partial charge in [0.05, 0.1) is 12.2 Å². The number of rotatable bonds is 7. The van der Waals surface area contributed by atoms with Crippen molar-refractivity contribution in [2.75, 3.05) is 11.9 Å². The molecule has 6 heteroatoms. The van der Waals surface area contributed by atoms with Crippen molar-refractivity contribution in [2.45, 2.75) is 34.1 Å². The number of primary amides is 1. The second-order valence-corrected chi connectivity index (χ2v) is 7.59. The van der Waals surface area contributed by atoms with Gasteiger partial charge < -0.3 is 15.8 Å². The predicted molar refractivity (Wildman–Crippen MR) is 102 cm³/mol. The summed E-state index contributed by atoms with van der Waals surface area (Å²) in [7, 11) is 0. The summed E-state index contributed by atoms with van der Waals surface area (Å²) in [5, 5.41) is 3.28. The largest absolute Gasteiger partial charge is 0.494 e. The van der Waals surface area contributed by atoms with Gasteiger partial charge in [0.15, 0.2) is 0 Å². The van der Waals surface area contributed by atoms with Gasteiger partial charge in [0.25, 0.3) is 11.8 Å². The molecule has 25 heavy (non-hydrogen) atoms. The molecule has 0 atom stereocenters. The van der Waals surface area contributed by atoms with Crippen molar-refractivity contribution in [3.63, 3.8) is 0 Å². The molecule has 0 unspecified atom stereocenters. The summed E-state index contributed by atoms with van der Waals surface area (Å²) in [6.45, 7) is 8.66. The Balaban J connectivity index is 2.07. The summed E-state index contributed by atoms with van der Waals surface area (Å²) in [5.74, 6) is 0.503. The van der Waals surface area contributed by atoms with Gasteiger partial charge in [0.2, 0.25) is 0 Å². The zero-order valence-electron chi connectivity index (χ0n) is 15.0. The van der Waals surface area contributed by atoms with Gasteiger partial charge in [0, 0.05) is 10.4 Å². The minimum atomic E-state index is -0.536. The molecule has 2 aromatic rings. The van der Waals surface area contributed by atoms with E-state index < -0.39 is 5.91 Å². The molecule has 0 bridgehead atoms. The van der Waals surface area contributed by atoms with Crippen molar-refractivity contribution in [3.8, 4) is 5.75 Å². The fraction of sp³-hybridized carbons (Fsp3) is 0.368. The second kappa shape index (κ2) is 8.16. The first-order valence-corrected chi connectivity index (χ1v) is 9.05. The van der Waals surface area contributed by atoms with Crippen molar-refractivity contribution in [1.29, 1.82) is 0 Å². The Morgan fingerprint density at radius 1 is 1.20 bits per heavy atom. The number of hydrogen-bond acceptors (Lipinski definition) is 4. The number of nitrogens with one attached hydrogen (secondary N) is 1. The van der Waals surface area contributed by atoms with Crippen LogP contribution in [-0.4, -0.2) is 18.4 Å². The van der Waals surface area contributed by atoms with Gasteiger partial charge in [-0.25, -0.2) is 0 Å². The number of ether oxygens (including phenoxy) is 1. The van der Waals surface area contributed by atoms with Gasteiger partial charge in [-0.2, -0.15) is 0 Å². The molecule has 0 aliphatic heterocycles. The lowest BCUT2D eigenvalue weighted by molar-refractivity contribution is 0.100. The first kappa shape index (κ1) is 19.0. The molecule has 1 aromatic heterocycles. The third-order valence-electron chi connectivity index (χ3n) is 3.94. The summed E-state index contributed by atoms with van der Waals surface area (Å²) < 4.78 is 5.65. The highest BCUT2D eigenvalue weighted by Gasteiger charge is 2.19. The van der Waals surface area contributed by atoms with Crippen molar-refractivity contribution in [1.82, 2.24) is 0 Å². The standard InChI is InChI=1S/C19H24N2O3S/c1-11(2)9-10-24-15-7-5-14(6-8-15)18(23)21-19-16(17(20)22)12(3)13(4)25-19/h5-8,11H,9-10H2,1-4H3,(H2,20,22)(H,21,23). The number of thiophene rings is 1. The van der Waals surface area contributed by atoms with Crippen LogP contribution in [0, 0.1) is 19.8 Å². The molecule has 0 aliphatic carbocycles. The van der Waals surface area contributed by atoms with E-state index in [4.69, 9.17) is 10.5 Å². The molecule has 0 aliphatic rings. The van der Waals surface area contributed by atoms with Crippen LogP contribution in [0.25, 0.3) is 0 Å². The van der Waals surface area contributed by atoms with Crippen LogP contribution >= 0.6 is 11.3 Å². The van der Waals surface area contributed by atoms with E-state index in [1.165, 1.54) is 11.3 Å². The Kier molecular flexibility index (Phi) is 6.20. The lowest BCUT2D eigenvalue weighted by Crippen LogP contribution is -2.17. The molecule has 1 aromatic carbocycles. The maximum absolute atomic E-state index is 12.4. The molecule has 2 rings (SSSR count). The zero-order chi connectivity index (χ0) is 18.6. The summed E-state index contributed by atoms with van der Waals surface area (Å²) in [6.07, 6.45) is 0.981. The molecule has 0 saturated heterocycles. The highest BCUT2D eigenvalue weighted by molar-refractivity contribution is 7.16. The van der Waals surface area contributed by atoms with Crippen LogP contribution in [0.1, 0.15) is 51.4 Å². The molecule has 134 valence electrons. The number of anilines is 1. The number of carbonyl (C=O) groups excluding carboxylic acids is 2. The van der Waals surface area contributed by atoms with Crippen LogP contribution in [0.3, 0.4) is 0 Å². The third kappa shape index (κ3) is 4.82. The van der Waals surface area contributed by atoms with E-state index in [1.807, 2.05) is 13.8 Å². The van der Waals surface area contributed by atoms with E-state index in [1.54, 1.807) is 24.3 Å². The minimum Gasteiger partial charge on any atom is -0.494 e. The number of aryl methyl sites for hydroxylation is 1. The summed E-state index contributed by atoms with van der Waals surface area (Å²) in [6, 6.07) is 6.96. The fourth-order valence-electron chi connectivity index (χ4n) is 2.30. The summed E-state index contributed by atoms with van der Waals surface area (Å²) >= 11 is 1.35. The highest BCUT2D eigenvalue weighted by atomic mass is 32.1. The van der Waals surface area contributed by atoms with Gasteiger partial charge in [-0.15, -0.1) is 11.3 Å². The number of hydrogen-bond donors (Lipinski definition) is 2. The zero-order valence-corrected chi connectivity index (χ0v) is 15.8. The first-order valence-electron chi connectivity index (χ1n) is 8.23. The molecule has 0 fully saturated rings. The molecule has 0 radical (unpaired) electrons. The average Bonchev–Trinajstić information content (AvgIpc) is 2.82. The smallest absolute Gasteiger partial charge is 0.256 e. The summed E-state index contributed by atoms with van der Waals surface area (Å²) in [4.78, 5) is 25.0. The number of amides is 2. The molecular weight excluding hydrogens is 336 g/mol. The summed E-state index contributed by atoms with van der Waals surface area (Å²) in [5.41, 5.74) is 7.11. The van der Waals surface area contributed by atoms with Crippen molar-refractivity contribution in [2.24, 2.45) is 11.7 Å². The fourth-order valence-corrected chi connectivity index (χ4v) is 3.36. The maximum atomic E-state index is 12.4. The Morgan fingerprint density at radius 3 is 2.40 bits per heavy atom. The number of carbonyl (C=O) groups is 2. The molecule has 5 nitrogen and oxygen atoms in total. The molecule has 3 N–H and O–H groups in total. The Labute approximate surface area is 152 Å². The van der Waals surface area contributed by atoms with Gasteiger partial charge in [0.1, 0.15) is 10.8 Å². The Bertz CT molecular complexity index is 764. The number of nitrogens with two attached hydrogens (primary N) is 1. The van der Waals surface area contributed by atoms with Crippen LogP contribution in [0.2, 0.25) is 0 Å². The van der Waals surface area contributed by atoms with Crippen molar-refractivity contribution < 1.29 is 14.3 Å². The van der Waals surface area contributed by atoms with Crippen molar-refractivity contribution in [3.05, 3.63) is 45.8 Å². The van der Waals surface area contributed by atoms with Crippen LogP contribution < -0.4 is 15.8 Å². The monoisotopic (exact) mass is 360 g/mol. The SMILES string of the molecule is Cc1sc(NC(=O)c2ccc(OCCC(C)C)cc2)c(C(N)=O)c1C. The molecule has 2 amide bonds. The van der Waals surface area contributed by atoms with Crippen molar-refractivity contribution >= 4 is 28.2 Å². The molecule has 0 spiro atoms. The van der Waals surface area contributed by atoms with Gasteiger partial charge in [-0.3, -0.25) is 9.59 Å². The minimum absolute atomic E-state index is 0.280. The van der Waals surface area contributed by atoms with Gasteiger partial charge in [-0.05, 0) is 56.0 Å². The van der Waals surface area contributed by atoms with Crippen LogP contribution in [0.15, 0.2) is 24.3 Å². The lowest BCUT2D eigenvalue weighted by atomic mass is 10.1. The second-order valence-electron chi connectivity index (χ2n) is 6.36. The average molecular weight is 360 g/mol. The lowest BCUT2D eigenvalue weighted by Gasteiger charge is -2.09. The quantitative estimate of drug-likeness (QED) is 0.778. The van der Waals surface area contributed by atoms with Gasteiger partial charge >= 0.3 is 0 Å². The van der Waals surface area contributed by atoms with Crippen LogP contribution in [0.5, 0.6) is 5.75 Å². The predicted octanol–water partition coefficient (Wildman–Crippen LogP) is 4.14. The van der Waals surface area contributed by atoms with E-state index in [2.05, 4.69) is 19.2 Å². The topological polar surface area (TPSA) is 81.4 Å². The molecular formula is C19H24N2O3S. The van der Waals surface area contributed by atoms with Crippen LogP contribution in [0.4, 0.5) is 5.00 Å². The third-order valence-corrected chi connectivity index (χ3v) is 5.06. The van der Waals surface area contributed by atoms with Crippen LogP contribution in [-0.2, 0) is 0 Å². The van der Waals surface area contributed by atoms with Gasteiger partial charge in [-0.1, -0.05) is 13.8 Å². The number of benzene rings is 1. The molecule has 1 heterocycles. The Morgan fingerprint density at radius 2 is 1.84 bits per heavy atom. The Hall–Kier alpha value is -2.34. The van der Waals surface area contributed by atoms with E-state index >= 15 is 0 Å². The van der Waals surface area contributed by atoms with E-state index in [0.717, 1.165) is 22.6 Å². The highest BCUT2D eigenvalue weighted by Crippen LogP contribution is 2.32. The molecule has 0 saturated carbocycles. The normalized spacial score (nSPS) is 10.8. The van der Waals surface area contributed by atoms with E-state index in [0.29, 0.717) is 28.7 Å². The first-order chi connectivity index (χ1) is 11.8.